The van der Waals surface area contributed by atoms with Crippen LogP contribution in [-0.2, 0) is 4.57 Å². The Morgan fingerprint density at radius 1 is 0.667 bits per heavy atom. The fraction of sp³-hybridized carbons (Fsp3) is 0.0526. The van der Waals surface area contributed by atoms with Gasteiger partial charge in [0.2, 0.25) is 0 Å². The van der Waals surface area contributed by atoms with Crippen LogP contribution in [0, 0.1) is 0 Å². The first-order valence-corrected chi connectivity index (χ1v) is 9.21. The van der Waals surface area contributed by atoms with Crippen LogP contribution in [-0.4, -0.2) is 6.66 Å². The Balaban J connectivity index is 1.98. The number of hydrogen-bond donors (Lipinski definition) is 0. The Labute approximate surface area is 124 Å². The standard InChI is InChI=1S/C19H15OP/c1-21(20)18-10-6-5-9-16(18)17-13-15(11-12-19(17)21)14-7-3-2-4-8-14/h2-13H,1H3. The highest BCUT2D eigenvalue weighted by Crippen LogP contribution is 2.50. The molecule has 0 aromatic heterocycles. The summed E-state index contributed by atoms with van der Waals surface area (Å²) in [5.41, 5.74) is 4.61. The molecule has 1 aliphatic heterocycles. The molecule has 0 aliphatic carbocycles. The van der Waals surface area contributed by atoms with Crippen LogP contribution >= 0.6 is 7.14 Å². The van der Waals surface area contributed by atoms with E-state index in [9.17, 15) is 4.57 Å². The second kappa shape index (κ2) is 4.44. The molecule has 2 heteroatoms. The molecule has 0 saturated carbocycles. The number of hydrogen-bond acceptors (Lipinski definition) is 1. The van der Waals surface area contributed by atoms with Crippen molar-refractivity contribution in [3.63, 3.8) is 0 Å². The van der Waals surface area contributed by atoms with Crippen molar-refractivity contribution in [1.82, 2.24) is 0 Å². The maximum atomic E-state index is 13.1. The van der Waals surface area contributed by atoms with Gasteiger partial charge in [0.05, 0.1) is 0 Å². The van der Waals surface area contributed by atoms with Crippen LogP contribution < -0.4 is 10.6 Å². The lowest BCUT2D eigenvalue weighted by Gasteiger charge is -2.09. The SMILES string of the molecule is CP1(=O)c2ccccc2-c2cc(-c3ccccc3)ccc21. The van der Waals surface area contributed by atoms with Gasteiger partial charge >= 0.3 is 0 Å². The summed E-state index contributed by atoms with van der Waals surface area (Å²) in [5.74, 6) is 0. The van der Waals surface area contributed by atoms with E-state index in [1.165, 1.54) is 11.1 Å². The normalized spacial score (nSPS) is 19.1. The summed E-state index contributed by atoms with van der Waals surface area (Å²) in [4.78, 5) is 0. The van der Waals surface area contributed by atoms with Crippen molar-refractivity contribution in [3.8, 4) is 22.3 Å². The molecule has 0 radical (unpaired) electrons. The Bertz CT molecular complexity index is 881. The lowest BCUT2D eigenvalue weighted by molar-refractivity contribution is 0.591. The number of rotatable bonds is 1. The van der Waals surface area contributed by atoms with Gasteiger partial charge in [-0.05, 0) is 41.1 Å². The lowest BCUT2D eigenvalue weighted by atomic mass is 9.99. The Morgan fingerprint density at radius 2 is 1.33 bits per heavy atom. The molecule has 0 fully saturated rings. The molecule has 102 valence electrons. The molecular weight excluding hydrogens is 275 g/mol. The van der Waals surface area contributed by atoms with Crippen LogP contribution in [0.4, 0.5) is 0 Å². The van der Waals surface area contributed by atoms with E-state index in [4.69, 9.17) is 0 Å². The van der Waals surface area contributed by atoms with Gasteiger partial charge in [0.1, 0.15) is 7.14 Å². The van der Waals surface area contributed by atoms with Crippen molar-refractivity contribution in [2.75, 3.05) is 6.66 Å². The zero-order chi connectivity index (χ0) is 14.4. The molecule has 0 saturated heterocycles. The Kier molecular flexibility index (Phi) is 2.67. The van der Waals surface area contributed by atoms with Crippen molar-refractivity contribution >= 4 is 17.8 Å². The molecule has 1 atom stereocenters. The van der Waals surface area contributed by atoms with Crippen molar-refractivity contribution in [2.45, 2.75) is 0 Å². The molecule has 0 spiro atoms. The molecule has 0 bridgehead atoms. The third-order valence-corrected chi connectivity index (χ3v) is 6.84. The first kappa shape index (κ1) is 12.6. The highest BCUT2D eigenvalue weighted by atomic mass is 31.2. The molecule has 1 heterocycles. The first-order chi connectivity index (χ1) is 10.2. The van der Waals surface area contributed by atoms with Crippen molar-refractivity contribution in [1.29, 1.82) is 0 Å². The van der Waals surface area contributed by atoms with Crippen LogP contribution in [0.3, 0.4) is 0 Å². The van der Waals surface area contributed by atoms with Crippen LogP contribution in [0.15, 0.2) is 72.8 Å². The first-order valence-electron chi connectivity index (χ1n) is 7.05. The quantitative estimate of drug-likeness (QED) is 0.611. The van der Waals surface area contributed by atoms with Gasteiger partial charge in [-0.25, -0.2) is 0 Å². The molecule has 0 amide bonds. The van der Waals surface area contributed by atoms with Gasteiger partial charge in [0, 0.05) is 10.6 Å². The van der Waals surface area contributed by atoms with Gasteiger partial charge in [-0.1, -0.05) is 60.7 Å². The van der Waals surface area contributed by atoms with E-state index in [-0.39, 0.29) is 0 Å². The molecule has 0 N–H and O–H groups in total. The average molecular weight is 290 g/mol. The van der Waals surface area contributed by atoms with Gasteiger partial charge in [0.15, 0.2) is 0 Å². The van der Waals surface area contributed by atoms with E-state index in [0.29, 0.717) is 0 Å². The number of benzene rings is 3. The third kappa shape index (κ3) is 1.81. The lowest BCUT2D eigenvalue weighted by Crippen LogP contribution is -2.07. The summed E-state index contributed by atoms with van der Waals surface area (Å²) in [5, 5.41) is 1.98. The minimum atomic E-state index is -2.43. The zero-order valence-electron chi connectivity index (χ0n) is 11.8. The molecule has 1 unspecified atom stereocenters. The summed E-state index contributed by atoms with van der Waals surface area (Å²) in [6.45, 7) is 1.87. The minimum absolute atomic E-state index is 0.989. The average Bonchev–Trinajstić information content (AvgIpc) is 2.77. The molecule has 4 rings (SSSR count). The largest absolute Gasteiger partial charge is 0.314 e. The molecule has 21 heavy (non-hydrogen) atoms. The van der Waals surface area contributed by atoms with E-state index in [2.05, 4.69) is 30.3 Å². The van der Waals surface area contributed by atoms with Gasteiger partial charge < -0.3 is 4.57 Å². The predicted octanol–water partition coefficient (Wildman–Crippen LogP) is 4.28. The molecule has 1 nitrogen and oxygen atoms in total. The minimum Gasteiger partial charge on any atom is -0.314 e. The van der Waals surface area contributed by atoms with Gasteiger partial charge in [0.25, 0.3) is 0 Å². The van der Waals surface area contributed by atoms with Crippen LogP contribution in [0.5, 0.6) is 0 Å². The van der Waals surface area contributed by atoms with Gasteiger partial charge in [-0.2, -0.15) is 0 Å². The van der Waals surface area contributed by atoms with E-state index in [1.807, 2.05) is 49.1 Å². The van der Waals surface area contributed by atoms with Crippen LogP contribution in [0.2, 0.25) is 0 Å². The van der Waals surface area contributed by atoms with Crippen LogP contribution in [0.1, 0.15) is 0 Å². The third-order valence-electron chi connectivity index (χ3n) is 4.22. The van der Waals surface area contributed by atoms with Gasteiger partial charge in [-0.3, -0.25) is 0 Å². The second-order valence-corrected chi connectivity index (χ2v) is 8.35. The topological polar surface area (TPSA) is 17.1 Å². The Morgan fingerprint density at radius 3 is 2.14 bits per heavy atom. The summed E-state index contributed by atoms with van der Waals surface area (Å²) >= 11 is 0. The smallest absolute Gasteiger partial charge is 0.141 e. The maximum absolute atomic E-state index is 13.1. The summed E-state index contributed by atoms with van der Waals surface area (Å²) in [6.07, 6.45) is 0. The fourth-order valence-corrected chi connectivity index (χ4v) is 5.43. The summed E-state index contributed by atoms with van der Waals surface area (Å²) in [6, 6.07) is 24.7. The maximum Gasteiger partial charge on any atom is 0.141 e. The van der Waals surface area contributed by atoms with Crippen molar-refractivity contribution in [3.05, 3.63) is 72.8 Å². The van der Waals surface area contributed by atoms with Crippen molar-refractivity contribution < 1.29 is 4.57 Å². The monoisotopic (exact) mass is 290 g/mol. The summed E-state index contributed by atoms with van der Waals surface area (Å²) < 4.78 is 13.1. The van der Waals surface area contributed by atoms with Crippen molar-refractivity contribution in [2.24, 2.45) is 0 Å². The molecule has 1 aliphatic rings. The molecular formula is C19H15OP. The zero-order valence-corrected chi connectivity index (χ0v) is 12.7. The van der Waals surface area contributed by atoms with E-state index < -0.39 is 7.14 Å². The number of fused-ring (bicyclic) bond motifs is 3. The highest BCUT2D eigenvalue weighted by molar-refractivity contribution is 7.79. The predicted molar refractivity (Wildman–Crippen MR) is 90.1 cm³/mol. The molecule has 3 aromatic carbocycles. The highest BCUT2D eigenvalue weighted by Gasteiger charge is 2.34. The summed E-state index contributed by atoms with van der Waals surface area (Å²) in [7, 11) is -2.43. The van der Waals surface area contributed by atoms with E-state index >= 15 is 0 Å². The fourth-order valence-electron chi connectivity index (χ4n) is 3.14. The van der Waals surface area contributed by atoms with E-state index in [1.54, 1.807) is 0 Å². The van der Waals surface area contributed by atoms with Gasteiger partial charge in [-0.15, -0.1) is 0 Å². The Hall–Kier alpha value is -2.11. The second-order valence-electron chi connectivity index (χ2n) is 5.54. The van der Waals surface area contributed by atoms with E-state index in [0.717, 1.165) is 21.7 Å². The van der Waals surface area contributed by atoms with Crippen LogP contribution in [0.25, 0.3) is 22.3 Å². The molecule has 3 aromatic rings.